The lowest BCUT2D eigenvalue weighted by Gasteiger charge is -2.21. The molecule has 0 radical (unpaired) electrons. The molecular weight excluding hydrogens is 252 g/mol. The highest BCUT2D eigenvalue weighted by Crippen LogP contribution is 2.19. The van der Waals surface area contributed by atoms with Crippen LogP contribution in [-0.2, 0) is 9.59 Å². The van der Waals surface area contributed by atoms with Gasteiger partial charge in [0.25, 0.3) is 0 Å². The summed E-state index contributed by atoms with van der Waals surface area (Å²) in [6.45, 7) is 4.17. The third kappa shape index (κ3) is 6.26. The van der Waals surface area contributed by atoms with Gasteiger partial charge >= 0.3 is 5.97 Å². The summed E-state index contributed by atoms with van der Waals surface area (Å²) in [5.74, 6) is -0.724. The van der Waals surface area contributed by atoms with Gasteiger partial charge in [-0.1, -0.05) is 6.92 Å². The highest BCUT2D eigenvalue weighted by atomic mass is 32.2. The Labute approximate surface area is 112 Å². The van der Waals surface area contributed by atoms with Crippen LogP contribution in [0.4, 0.5) is 0 Å². The molecule has 1 aliphatic rings. The standard InChI is InChI=1S/C12H22N2O3S/c1-9(12(16)17)2-7-14-11(15)8-18-10-3-5-13-6-4-10/h9-10,13H,2-8H2,1H3,(H,14,15)(H,16,17). The lowest BCUT2D eigenvalue weighted by atomic mass is 10.1. The van der Waals surface area contributed by atoms with E-state index in [2.05, 4.69) is 10.6 Å². The molecule has 18 heavy (non-hydrogen) atoms. The van der Waals surface area contributed by atoms with Crippen LogP contribution >= 0.6 is 11.8 Å². The Balaban J connectivity index is 2.04. The molecule has 3 N–H and O–H groups in total. The number of hydrogen-bond acceptors (Lipinski definition) is 4. The zero-order valence-electron chi connectivity index (χ0n) is 10.8. The van der Waals surface area contributed by atoms with Crippen LogP contribution in [0, 0.1) is 5.92 Å². The van der Waals surface area contributed by atoms with E-state index in [0.29, 0.717) is 24.0 Å². The first kappa shape index (κ1) is 15.3. The number of aliphatic carboxylic acids is 1. The van der Waals surface area contributed by atoms with E-state index in [9.17, 15) is 9.59 Å². The predicted octanol–water partition coefficient (Wildman–Crippen LogP) is 0.699. The van der Waals surface area contributed by atoms with Crippen LogP contribution in [0.5, 0.6) is 0 Å². The molecule has 0 bridgehead atoms. The number of carbonyl (C=O) groups excluding carboxylic acids is 1. The summed E-state index contributed by atoms with van der Waals surface area (Å²) in [4.78, 5) is 22.1. The number of carboxylic acid groups (broad SMARTS) is 1. The molecule has 0 spiro atoms. The van der Waals surface area contributed by atoms with Crippen molar-refractivity contribution in [1.82, 2.24) is 10.6 Å². The molecule has 1 heterocycles. The SMILES string of the molecule is CC(CCNC(=O)CSC1CCNCC1)C(=O)O. The van der Waals surface area contributed by atoms with Crippen LogP contribution in [-0.4, -0.2) is 47.6 Å². The predicted molar refractivity (Wildman–Crippen MR) is 72.8 cm³/mol. The van der Waals surface area contributed by atoms with E-state index >= 15 is 0 Å². The van der Waals surface area contributed by atoms with Crippen molar-refractivity contribution in [2.24, 2.45) is 5.92 Å². The largest absolute Gasteiger partial charge is 0.481 e. The van der Waals surface area contributed by atoms with Gasteiger partial charge in [0.2, 0.25) is 5.91 Å². The quantitative estimate of drug-likeness (QED) is 0.637. The molecule has 6 heteroatoms. The van der Waals surface area contributed by atoms with Crippen molar-refractivity contribution in [2.45, 2.75) is 31.4 Å². The Morgan fingerprint density at radius 3 is 2.72 bits per heavy atom. The molecule has 0 aromatic carbocycles. The maximum Gasteiger partial charge on any atom is 0.306 e. The molecule has 0 aromatic rings. The molecule has 104 valence electrons. The van der Waals surface area contributed by atoms with E-state index in [1.165, 1.54) is 0 Å². The zero-order valence-corrected chi connectivity index (χ0v) is 11.6. The molecule has 0 aliphatic carbocycles. The molecule has 1 rings (SSSR count). The normalized spacial score (nSPS) is 18.3. The minimum Gasteiger partial charge on any atom is -0.481 e. The Morgan fingerprint density at radius 1 is 1.44 bits per heavy atom. The first-order valence-electron chi connectivity index (χ1n) is 6.41. The summed E-state index contributed by atoms with van der Waals surface area (Å²) >= 11 is 1.70. The van der Waals surface area contributed by atoms with Gasteiger partial charge in [0.1, 0.15) is 0 Å². The minimum atomic E-state index is -0.812. The zero-order chi connectivity index (χ0) is 13.4. The first-order chi connectivity index (χ1) is 8.59. The van der Waals surface area contributed by atoms with Gasteiger partial charge in [-0.3, -0.25) is 9.59 Å². The highest BCUT2D eigenvalue weighted by Gasteiger charge is 2.15. The smallest absolute Gasteiger partial charge is 0.306 e. The Kier molecular flexibility index (Phi) is 7.12. The minimum absolute atomic E-state index is 0.0103. The number of thioether (sulfide) groups is 1. The van der Waals surface area contributed by atoms with Crippen molar-refractivity contribution >= 4 is 23.6 Å². The van der Waals surface area contributed by atoms with Gasteiger partial charge in [0.05, 0.1) is 11.7 Å². The Morgan fingerprint density at radius 2 is 2.11 bits per heavy atom. The highest BCUT2D eigenvalue weighted by molar-refractivity contribution is 8.00. The van der Waals surface area contributed by atoms with Gasteiger partial charge in [0, 0.05) is 11.8 Å². The summed E-state index contributed by atoms with van der Waals surface area (Å²) < 4.78 is 0. The van der Waals surface area contributed by atoms with Crippen molar-refractivity contribution in [3.05, 3.63) is 0 Å². The first-order valence-corrected chi connectivity index (χ1v) is 7.46. The summed E-state index contributed by atoms with van der Waals surface area (Å²) in [5.41, 5.74) is 0. The lowest BCUT2D eigenvalue weighted by Crippen LogP contribution is -2.32. The third-order valence-corrected chi connectivity index (χ3v) is 4.43. The van der Waals surface area contributed by atoms with E-state index in [1.807, 2.05) is 0 Å². The van der Waals surface area contributed by atoms with Gasteiger partial charge in [0.15, 0.2) is 0 Å². The average molecular weight is 274 g/mol. The molecular formula is C12H22N2O3S. The van der Waals surface area contributed by atoms with Gasteiger partial charge in [-0.2, -0.15) is 0 Å². The van der Waals surface area contributed by atoms with Crippen LogP contribution in [0.3, 0.4) is 0 Å². The van der Waals surface area contributed by atoms with Crippen molar-refractivity contribution in [2.75, 3.05) is 25.4 Å². The van der Waals surface area contributed by atoms with Crippen LogP contribution in [0.1, 0.15) is 26.2 Å². The molecule has 1 aliphatic heterocycles. The second kappa shape index (κ2) is 8.37. The molecule has 1 unspecified atom stereocenters. The topological polar surface area (TPSA) is 78.4 Å². The number of nitrogens with one attached hydrogen (secondary N) is 2. The van der Waals surface area contributed by atoms with Crippen molar-refractivity contribution in [3.8, 4) is 0 Å². The van der Waals surface area contributed by atoms with Crippen LogP contribution in [0.25, 0.3) is 0 Å². The van der Waals surface area contributed by atoms with E-state index in [0.717, 1.165) is 25.9 Å². The fraction of sp³-hybridized carbons (Fsp3) is 0.833. The molecule has 0 aromatic heterocycles. The summed E-state index contributed by atoms with van der Waals surface area (Å²) in [6.07, 6.45) is 2.72. The Hall–Kier alpha value is -0.750. The second-order valence-corrected chi connectivity index (χ2v) is 5.93. The second-order valence-electron chi connectivity index (χ2n) is 4.64. The molecule has 1 amide bonds. The molecule has 5 nitrogen and oxygen atoms in total. The van der Waals surface area contributed by atoms with Crippen molar-refractivity contribution < 1.29 is 14.7 Å². The van der Waals surface area contributed by atoms with Crippen molar-refractivity contribution in [3.63, 3.8) is 0 Å². The summed E-state index contributed by atoms with van der Waals surface area (Å²) in [5, 5.41) is 15.3. The van der Waals surface area contributed by atoms with E-state index in [-0.39, 0.29) is 5.91 Å². The number of carbonyl (C=O) groups is 2. The van der Waals surface area contributed by atoms with Gasteiger partial charge in [-0.15, -0.1) is 11.8 Å². The molecule has 1 saturated heterocycles. The fourth-order valence-electron chi connectivity index (χ4n) is 1.76. The maximum atomic E-state index is 11.5. The fourth-order valence-corrected chi connectivity index (χ4v) is 2.82. The number of piperidine rings is 1. The number of amides is 1. The monoisotopic (exact) mass is 274 g/mol. The summed E-state index contributed by atoms with van der Waals surface area (Å²) in [7, 11) is 0. The van der Waals surface area contributed by atoms with Crippen LogP contribution < -0.4 is 10.6 Å². The molecule has 1 fully saturated rings. The number of hydrogen-bond donors (Lipinski definition) is 3. The van der Waals surface area contributed by atoms with Crippen LogP contribution in [0.2, 0.25) is 0 Å². The Bertz CT molecular complexity index is 280. The summed E-state index contributed by atoms with van der Waals surface area (Å²) in [6, 6.07) is 0. The van der Waals surface area contributed by atoms with E-state index in [1.54, 1.807) is 18.7 Å². The van der Waals surface area contributed by atoms with E-state index in [4.69, 9.17) is 5.11 Å². The van der Waals surface area contributed by atoms with Gasteiger partial charge < -0.3 is 15.7 Å². The average Bonchev–Trinajstić information content (AvgIpc) is 2.37. The maximum absolute atomic E-state index is 11.5. The lowest BCUT2D eigenvalue weighted by molar-refractivity contribution is -0.141. The van der Waals surface area contributed by atoms with Crippen LogP contribution in [0.15, 0.2) is 0 Å². The molecule has 1 atom stereocenters. The number of carboxylic acids is 1. The number of rotatable bonds is 7. The van der Waals surface area contributed by atoms with Gasteiger partial charge in [-0.25, -0.2) is 0 Å². The third-order valence-electron chi connectivity index (χ3n) is 3.06. The van der Waals surface area contributed by atoms with Crippen molar-refractivity contribution in [1.29, 1.82) is 0 Å². The van der Waals surface area contributed by atoms with Gasteiger partial charge in [-0.05, 0) is 32.4 Å². The van der Waals surface area contributed by atoms with E-state index < -0.39 is 11.9 Å². The molecule has 0 saturated carbocycles.